The van der Waals surface area contributed by atoms with Crippen molar-refractivity contribution < 1.29 is 9.59 Å². The quantitative estimate of drug-likeness (QED) is 0.477. The van der Waals surface area contributed by atoms with E-state index in [0.29, 0.717) is 26.7 Å². The molecule has 3 heteroatoms. The molecule has 0 aromatic heterocycles. The summed E-state index contributed by atoms with van der Waals surface area (Å²) >= 11 is 3.38. The van der Waals surface area contributed by atoms with Crippen molar-refractivity contribution in [2.24, 2.45) is 0 Å². The van der Waals surface area contributed by atoms with Crippen molar-refractivity contribution in [1.82, 2.24) is 0 Å². The van der Waals surface area contributed by atoms with Crippen molar-refractivity contribution in [3.05, 3.63) is 81.3 Å². The maximum absolute atomic E-state index is 12.8. The average Bonchev–Trinajstić information content (AvgIpc) is 2.51. The Kier molecular flexibility index (Phi) is 2.59. The van der Waals surface area contributed by atoms with E-state index in [9.17, 15) is 9.59 Å². The maximum atomic E-state index is 12.8. The molecule has 0 atom stereocenters. The second kappa shape index (κ2) is 4.37. The van der Waals surface area contributed by atoms with Crippen molar-refractivity contribution in [3.8, 4) is 0 Å². The zero-order valence-corrected chi connectivity index (χ0v) is 12.5. The third-order valence-corrected chi connectivity index (χ3v) is 4.55. The van der Waals surface area contributed by atoms with Crippen LogP contribution in [0.25, 0.3) is 10.8 Å². The Hall–Kier alpha value is -2.26. The van der Waals surface area contributed by atoms with E-state index >= 15 is 0 Å². The molecule has 100 valence electrons. The molecule has 0 fully saturated rings. The largest absolute Gasteiger partial charge is 0.289 e. The van der Waals surface area contributed by atoms with Crippen molar-refractivity contribution in [3.63, 3.8) is 0 Å². The van der Waals surface area contributed by atoms with Gasteiger partial charge in [-0.25, -0.2) is 0 Å². The van der Waals surface area contributed by atoms with E-state index in [1.807, 2.05) is 30.3 Å². The molecule has 0 N–H and O–H groups in total. The lowest BCUT2D eigenvalue weighted by molar-refractivity contribution is 0.0980. The molecular weight excluding hydrogens is 328 g/mol. The van der Waals surface area contributed by atoms with Crippen LogP contribution in [0.15, 0.2) is 59.1 Å². The molecule has 0 amide bonds. The maximum Gasteiger partial charge on any atom is 0.195 e. The Morgan fingerprint density at radius 1 is 0.667 bits per heavy atom. The van der Waals surface area contributed by atoms with Gasteiger partial charge < -0.3 is 0 Å². The van der Waals surface area contributed by atoms with Gasteiger partial charge >= 0.3 is 0 Å². The summed E-state index contributed by atoms with van der Waals surface area (Å²) in [6, 6.07) is 16.6. The summed E-state index contributed by atoms with van der Waals surface area (Å²) in [7, 11) is 0. The minimum Gasteiger partial charge on any atom is -0.289 e. The first-order valence-corrected chi connectivity index (χ1v) is 7.37. The van der Waals surface area contributed by atoms with Gasteiger partial charge in [-0.05, 0) is 22.9 Å². The molecule has 0 saturated carbocycles. The minimum atomic E-state index is -0.0992. The molecule has 0 bridgehead atoms. The molecule has 1 aliphatic carbocycles. The summed E-state index contributed by atoms with van der Waals surface area (Å²) in [5.74, 6) is -0.185. The molecule has 0 saturated heterocycles. The fourth-order valence-corrected chi connectivity index (χ4v) is 3.47. The smallest absolute Gasteiger partial charge is 0.195 e. The van der Waals surface area contributed by atoms with Gasteiger partial charge in [0.15, 0.2) is 11.6 Å². The Labute approximate surface area is 129 Å². The Bertz CT molecular complexity index is 941. The molecule has 4 rings (SSSR count). The van der Waals surface area contributed by atoms with Crippen LogP contribution in [0.2, 0.25) is 0 Å². The zero-order valence-electron chi connectivity index (χ0n) is 10.9. The normalized spacial score (nSPS) is 13.2. The Morgan fingerprint density at radius 2 is 1.38 bits per heavy atom. The van der Waals surface area contributed by atoms with Crippen LogP contribution in [0.4, 0.5) is 0 Å². The molecule has 1 aliphatic rings. The van der Waals surface area contributed by atoms with E-state index in [0.717, 1.165) is 10.8 Å². The number of hydrogen-bond donors (Lipinski definition) is 0. The molecule has 0 heterocycles. The molecule has 0 aliphatic heterocycles. The fourth-order valence-electron chi connectivity index (χ4n) is 2.92. The van der Waals surface area contributed by atoms with Gasteiger partial charge in [-0.1, -0.05) is 58.4 Å². The third-order valence-electron chi connectivity index (χ3n) is 3.89. The van der Waals surface area contributed by atoms with Gasteiger partial charge in [0, 0.05) is 26.7 Å². The first kappa shape index (κ1) is 12.5. The first-order chi connectivity index (χ1) is 10.2. The van der Waals surface area contributed by atoms with E-state index in [1.54, 1.807) is 24.3 Å². The molecular formula is C18H9BrO2. The molecule has 3 aromatic carbocycles. The molecule has 0 radical (unpaired) electrons. The lowest BCUT2D eigenvalue weighted by Crippen LogP contribution is -2.21. The number of carbonyl (C=O) groups is 2. The highest BCUT2D eigenvalue weighted by atomic mass is 79.9. The lowest BCUT2D eigenvalue weighted by Gasteiger charge is -2.20. The molecule has 0 spiro atoms. The van der Waals surface area contributed by atoms with Crippen LogP contribution in [-0.2, 0) is 0 Å². The predicted molar refractivity (Wildman–Crippen MR) is 85.0 cm³/mol. The highest BCUT2D eigenvalue weighted by Gasteiger charge is 2.32. The Morgan fingerprint density at radius 3 is 2.24 bits per heavy atom. The SMILES string of the molecule is O=C1c2ccc3ccccc3c2C(=O)c2cccc(Br)c21. The lowest BCUT2D eigenvalue weighted by atomic mass is 9.82. The van der Waals surface area contributed by atoms with Crippen LogP contribution >= 0.6 is 15.9 Å². The number of carbonyl (C=O) groups excluding carboxylic acids is 2. The number of hydrogen-bond acceptors (Lipinski definition) is 2. The van der Waals surface area contributed by atoms with Crippen LogP contribution in [0.1, 0.15) is 31.8 Å². The first-order valence-electron chi connectivity index (χ1n) is 6.58. The van der Waals surface area contributed by atoms with Crippen LogP contribution in [0, 0.1) is 0 Å². The Balaban J connectivity index is 2.14. The summed E-state index contributed by atoms with van der Waals surface area (Å²) in [6.45, 7) is 0. The zero-order chi connectivity index (χ0) is 14.6. The summed E-state index contributed by atoms with van der Waals surface area (Å²) < 4.78 is 0.664. The molecule has 21 heavy (non-hydrogen) atoms. The summed E-state index contributed by atoms with van der Waals surface area (Å²) in [5, 5.41) is 1.80. The number of ketones is 2. The van der Waals surface area contributed by atoms with E-state index in [2.05, 4.69) is 15.9 Å². The second-order valence-electron chi connectivity index (χ2n) is 5.03. The van der Waals surface area contributed by atoms with Crippen molar-refractivity contribution in [1.29, 1.82) is 0 Å². The van der Waals surface area contributed by atoms with E-state index < -0.39 is 0 Å². The van der Waals surface area contributed by atoms with Gasteiger partial charge in [0.2, 0.25) is 0 Å². The highest BCUT2D eigenvalue weighted by Crippen LogP contribution is 2.35. The standard InChI is InChI=1S/C18H9BrO2/c19-14-7-3-6-12-16(14)18(21)13-9-8-10-4-1-2-5-11(10)15(13)17(12)20/h1-9H. The highest BCUT2D eigenvalue weighted by molar-refractivity contribution is 9.10. The monoisotopic (exact) mass is 336 g/mol. The summed E-state index contributed by atoms with van der Waals surface area (Å²) in [4.78, 5) is 25.6. The van der Waals surface area contributed by atoms with Gasteiger partial charge in [0.25, 0.3) is 0 Å². The van der Waals surface area contributed by atoms with Gasteiger partial charge in [-0.3, -0.25) is 9.59 Å². The second-order valence-corrected chi connectivity index (χ2v) is 5.88. The van der Waals surface area contributed by atoms with Gasteiger partial charge in [0.1, 0.15) is 0 Å². The van der Waals surface area contributed by atoms with Crippen molar-refractivity contribution >= 4 is 38.3 Å². The number of benzene rings is 3. The van der Waals surface area contributed by atoms with E-state index in [1.165, 1.54) is 0 Å². The minimum absolute atomic E-state index is 0.0855. The van der Waals surface area contributed by atoms with E-state index in [4.69, 9.17) is 0 Å². The number of halogens is 1. The van der Waals surface area contributed by atoms with Gasteiger partial charge in [0.05, 0.1) is 0 Å². The van der Waals surface area contributed by atoms with Crippen LogP contribution in [-0.4, -0.2) is 11.6 Å². The third kappa shape index (κ3) is 1.64. The molecule has 0 unspecified atom stereocenters. The van der Waals surface area contributed by atoms with Crippen molar-refractivity contribution in [2.75, 3.05) is 0 Å². The number of rotatable bonds is 0. The predicted octanol–water partition coefficient (Wildman–Crippen LogP) is 4.38. The average molecular weight is 337 g/mol. The van der Waals surface area contributed by atoms with Crippen molar-refractivity contribution in [2.45, 2.75) is 0 Å². The van der Waals surface area contributed by atoms with Crippen LogP contribution in [0.3, 0.4) is 0 Å². The number of fused-ring (bicyclic) bond motifs is 4. The van der Waals surface area contributed by atoms with E-state index in [-0.39, 0.29) is 11.6 Å². The van der Waals surface area contributed by atoms with Crippen LogP contribution in [0.5, 0.6) is 0 Å². The van der Waals surface area contributed by atoms with Gasteiger partial charge in [-0.15, -0.1) is 0 Å². The van der Waals surface area contributed by atoms with Gasteiger partial charge in [-0.2, -0.15) is 0 Å². The summed E-state index contributed by atoms with van der Waals surface area (Å²) in [5.41, 5.74) is 1.94. The topological polar surface area (TPSA) is 34.1 Å². The summed E-state index contributed by atoms with van der Waals surface area (Å²) in [6.07, 6.45) is 0. The van der Waals surface area contributed by atoms with Crippen LogP contribution < -0.4 is 0 Å². The molecule has 2 nitrogen and oxygen atoms in total. The molecule has 3 aromatic rings. The fraction of sp³-hybridized carbons (Fsp3) is 0.